The highest BCUT2D eigenvalue weighted by Gasteiger charge is 2.18. The maximum Gasteiger partial charge on any atom is 0.0620 e. The molecule has 3 heteroatoms. The van der Waals surface area contributed by atoms with Crippen molar-refractivity contribution in [2.24, 2.45) is 0 Å². The summed E-state index contributed by atoms with van der Waals surface area (Å²) in [5, 5.41) is 7.34. The molecule has 0 spiro atoms. The Morgan fingerprint density at radius 1 is 1.28 bits per heavy atom. The maximum atomic E-state index is 5.51. The number of unbranched alkanes of at least 4 members (excludes halogenated alkanes) is 1. The molecule has 108 valence electrons. The Kier molecular flexibility index (Phi) is 8.64. The Labute approximate surface area is 113 Å². The van der Waals surface area contributed by atoms with Gasteiger partial charge in [-0.25, -0.2) is 0 Å². The van der Waals surface area contributed by atoms with Crippen LogP contribution in [0.3, 0.4) is 0 Å². The van der Waals surface area contributed by atoms with Crippen LogP contribution in [0.1, 0.15) is 59.3 Å². The molecule has 0 amide bonds. The summed E-state index contributed by atoms with van der Waals surface area (Å²) < 4.78 is 5.51. The average Bonchev–Trinajstić information content (AvgIpc) is 2.37. The van der Waals surface area contributed by atoms with E-state index in [1.54, 1.807) is 0 Å². The molecule has 3 nitrogen and oxygen atoms in total. The van der Waals surface area contributed by atoms with E-state index in [0.29, 0.717) is 18.1 Å². The lowest BCUT2D eigenvalue weighted by Gasteiger charge is -2.29. The van der Waals surface area contributed by atoms with E-state index in [4.69, 9.17) is 4.74 Å². The summed E-state index contributed by atoms with van der Waals surface area (Å²) in [7, 11) is 0. The smallest absolute Gasteiger partial charge is 0.0620 e. The van der Waals surface area contributed by atoms with E-state index in [9.17, 15) is 0 Å². The zero-order valence-electron chi connectivity index (χ0n) is 12.5. The maximum absolute atomic E-state index is 5.51. The molecule has 0 aromatic rings. The minimum atomic E-state index is 0.537. The first-order valence-corrected chi connectivity index (χ1v) is 7.83. The second kappa shape index (κ2) is 9.76. The third-order valence-corrected chi connectivity index (χ3v) is 3.70. The van der Waals surface area contributed by atoms with Crippen molar-refractivity contribution in [1.82, 2.24) is 10.6 Å². The van der Waals surface area contributed by atoms with Crippen molar-refractivity contribution < 1.29 is 4.74 Å². The molecule has 1 rings (SSSR count). The van der Waals surface area contributed by atoms with Crippen LogP contribution in [0.4, 0.5) is 0 Å². The van der Waals surface area contributed by atoms with Crippen LogP contribution in [0.25, 0.3) is 0 Å². The van der Waals surface area contributed by atoms with E-state index in [-0.39, 0.29) is 0 Å². The fraction of sp³-hybridized carbons (Fsp3) is 1.00. The SMILES string of the molecule is CCCCC(CCC)NC(C)CC1COCCN1. The third-order valence-electron chi connectivity index (χ3n) is 3.70. The van der Waals surface area contributed by atoms with Gasteiger partial charge in [0, 0.05) is 24.7 Å². The van der Waals surface area contributed by atoms with Gasteiger partial charge in [0.05, 0.1) is 13.2 Å². The van der Waals surface area contributed by atoms with Crippen LogP contribution < -0.4 is 10.6 Å². The lowest BCUT2D eigenvalue weighted by Crippen LogP contribution is -2.46. The first-order valence-electron chi connectivity index (χ1n) is 7.83. The van der Waals surface area contributed by atoms with Gasteiger partial charge < -0.3 is 15.4 Å². The van der Waals surface area contributed by atoms with Gasteiger partial charge in [-0.15, -0.1) is 0 Å². The van der Waals surface area contributed by atoms with Gasteiger partial charge in [0.1, 0.15) is 0 Å². The number of nitrogens with one attached hydrogen (secondary N) is 2. The van der Waals surface area contributed by atoms with E-state index >= 15 is 0 Å². The van der Waals surface area contributed by atoms with Crippen LogP contribution in [0, 0.1) is 0 Å². The minimum Gasteiger partial charge on any atom is -0.379 e. The molecule has 3 atom stereocenters. The van der Waals surface area contributed by atoms with E-state index < -0.39 is 0 Å². The molecular formula is C15H32N2O. The standard InChI is InChI=1S/C15H32N2O/c1-4-6-8-14(7-5-2)17-13(3)11-15-12-18-10-9-16-15/h13-17H,4-12H2,1-3H3. The molecular weight excluding hydrogens is 224 g/mol. The molecule has 1 aliphatic heterocycles. The fourth-order valence-electron chi connectivity index (χ4n) is 2.78. The van der Waals surface area contributed by atoms with Crippen LogP contribution in [0.2, 0.25) is 0 Å². The summed E-state index contributed by atoms with van der Waals surface area (Å²) in [5.74, 6) is 0. The van der Waals surface area contributed by atoms with Gasteiger partial charge in [-0.2, -0.15) is 0 Å². The highest BCUT2D eigenvalue weighted by molar-refractivity contribution is 4.78. The molecule has 0 saturated carbocycles. The van der Waals surface area contributed by atoms with Crippen molar-refractivity contribution in [2.75, 3.05) is 19.8 Å². The van der Waals surface area contributed by atoms with Crippen molar-refractivity contribution in [3.8, 4) is 0 Å². The molecule has 1 fully saturated rings. The highest BCUT2D eigenvalue weighted by Crippen LogP contribution is 2.10. The molecule has 1 saturated heterocycles. The number of ether oxygens (including phenoxy) is 1. The van der Waals surface area contributed by atoms with Gasteiger partial charge in [-0.1, -0.05) is 33.1 Å². The van der Waals surface area contributed by atoms with Crippen LogP contribution >= 0.6 is 0 Å². The number of rotatable bonds is 9. The van der Waals surface area contributed by atoms with Crippen LogP contribution in [0.5, 0.6) is 0 Å². The Balaban J connectivity index is 2.23. The van der Waals surface area contributed by atoms with Gasteiger partial charge in [0.15, 0.2) is 0 Å². The summed E-state index contributed by atoms with van der Waals surface area (Å²) in [6, 6.07) is 1.82. The second-order valence-corrected chi connectivity index (χ2v) is 5.66. The Hall–Kier alpha value is -0.120. The van der Waals surface area contributed by atoms with Gasteiger partial charge in [0.2, 0.25) is 0 Å². The monoisotopic (exact) mass is 256 g/mol. The topological polar surface area (TPSA) is 33.3 Å². The molecule has 0 radical (unpaired) electrons. The summed E-state index contributed by atoms with van der Waals surface area (Å²) in [6.07, 6.45) is 7.72. The number of morpholine rings is 1. The predicted molar refractivity (Wildman–Crippen MR) is 78.0 cm³/mol. The largest absolute Gasteiger partial charge is 0.379 e. The first kappa shape index (κ1) is 15.9. The Morgan fingerprint density at radius 3 is 2.72 bits per heavy atom. The molecule has 1 heterocycles. The first-order chi connectivity index (χ1) is 8.76. The molecule has 3 unspecified atom stereocenters. The van der Waals surface area contributed by atoms with Crippen LogP contribution in [0.15, 0.2) is 0 Å². The molecule has 0 aromatic heterocycles. The molecule has 18 heavy (non-hydrogen) atoms. The summed E-state index contributed by atoms with van der Waals surface area (Å²) in [5.41, 5.74) is 0. The van der Waals surface area contributed by atoms with Gasteiger partial charge in [-0.05, 0) is 26.2 Å². The highest BCUT2D eigenvalue weighted by atomic mass is 16.5. The summed E-state index contributed by atoms with van der Waals surface area (Å²) >= 11 is 0. The van der Waals surface area contributed by atoms with Crippen LogP contribution in [-0.4, -0.2) is 37.9 Å². The lowest BCUT2D eigenvalue weighted by molar-refractivity contribution is 0.0706. The average molecular weight is 256 g/mol. The third kappa shape index (κ3) is 6.72. The van der Waals surface area contributed by atoms with E-state index in [0.717, 1.165) is 19.8 Å². The zero-order chi connectivity index (χ0) is 13.2. The Morgan fingerprint density at radius 2 is 2.11 bits per heavy atom. The molecule has 0 bridgehead atoms. The minimum absolute atomic E-state index is 0.537. The van der Waals surface area contributed by atoms with E-state index in [1.165, 1.54) is 38.5 Å². The van der Waals surface area contributed by atoms with Gasteiger partial charge in [0.25, 0.3) is 0 Å². The zero-order valence-corrected chi connectivity index (χ0v) is 12.5. The van der Waals surface area contributed by atoms with Crippen molar-refractivity contribution in [3.05, 3.63) is 0 Å². The van der Waals surface area contributed by atoms with Gasteiger partial charge >= 0.3 is 0 Å². The quantitative estimate of drug-likeness (QED) is 0.665. The summed E-state index contributed by atoms with van der Waals surface area (Å²) in [4.78, 5) is 0. The van der Waals surface area contributed by atoms with E-state index in [1.807, 2.05) is 0 Å². The number of hydrogen-bond acceptors (Lipinski definition) is 3. The molecule has 0 aromatic carbocycles. The normalized spacial score (nSPS) is 23.8. The van der Waals surface area contributed by atoms with Crippen molar-refractivity contribution in [1.29, 1.82) is 0 Å². The van der Waals surface area contributed by atoms with Gasteiger partial charge in [-0.3, -0.25) is 0 Å². The molecule has 2 N–H and O–H groups in total. The molecule has 1 aliphatic rings. The fourth-order valence-corrected chi connectivity index (χ4v) is 2.78. The molecule has 0 aliphatic carbocycles. The Bertz CT molecular complexity index is 193. The van der Waals surface area contributed by atoms with Crippen molar-refractivity contribution in [3.63, 3.8) is 0 Å². The summed E-state index contributed by atoms with van der Waals surface area (Å²) in [6.45, 7) is 9.61. The predicted octanol–water partition coefficient (Wildman–Crippen LogP) is 2.70. The van der Waals surface area contributed by atoms with Crippen molar-refractivity contribution >= 4 is 0 Å². The second-order valence-electron chi connectivity index (χ2n) is 5.66. The van der Waals surface area contributed by atoms with E-state index in [2.05, 4.69) is 31.4 Å². The van der Waals surface area contributed by atoms with Crippen LogP contribution in [-0.2, 0) is 4.74 Å². The number of hydrogen-bond donors (Lipinski definition) is 2. The van der Waals surface area contributed by atoms with Crippen molar-refractivity contribution in [2.45, 2.75) is 77.4 Å². The lowest BCUT2D eigenvalue weighted by atomic mass is 10.0.